The van der Waals surface area contributed by atoms with Gasteiger partial charge in [0, 0.05) is 33.6 Å². The molecule has 2 aliphatic heterocycles. The number of rotatable bonds is 2. The van der Waals surface area contributed by atoms with Crippen LogP contribution in [0.15, 0.2) is 95.4 Å². The number of hydrogen-bond donors (Lipinski definition) is 0. The minimum Gasteiger partial charge on any atom is -0.440 e. The summed E-state index contributed by atoms with van der Waals surface area (Å²) in [5.41, 5.74) is 19.4. The number of fused-ring (bicyclic) bond motifs is 7. The summed E-state index contributed by atoms with van der Waals surface area (Å²) < 4.78 is 7.07. The van der Waals surface area contributed by atoms with E-state index >= 15 is 0 Å². The zero-order valence-electron chi connectivity index (χ0n) is 34.5. The van der Waals surface area contributed by atoms with Crippen LogP contribution in [0.3, 0.4) is 0 Å². The van der Waals surface area contributed by atoms with Gasteiger partial charge in [-0.2, -0.15) is 0 Å². The molecule has 54 heavy (non-hydrogen) atoms. The molecule has 0 saturated heterocycles. The molecule has 0 atom stereocenters. The number of nitrogens with zero attached hydrogens (tertiary/aromatic N) is 2. The Labute approximate surface area is 323 Å². The Hall–Kier alpha value is -4.70. The molecule has 6 aromatic rings. The molecular formula is C50H55BN2O. The average Bonchev–Trinajstić information content (AvgIpc) is 3.48. The van der Waals surface area contributed by atoms with Crippen molar-refractivity contribution in [1.82, 2.24) is 0 Å². The van der Waals surface area contributed by atoms with Crippen molar-refractivity contribution in [1.29, 1.82) is 0 Å². The predicted molar refractivity (Wildman–Crippen MR) is 232 cm³/mol. The van der Waals surface area contributed by atoms with Gasteiger partial charge in [-0.05, 0) is 135 Å². The molecule has 9 rings (SSSR count). The van der Waals surface area contributed by atoms with Crippen LogP contribution in [0.2, 0.25) is 0 Å². The Morgan fingerprint density at radius 1 is 0.593 bits per heavy atom. The highest BCUT2D eigenvalue weighted by Crippen LogP contribution is 2.51. The second-order valence-electron chi connectivity index (χ2n) is 19.9. The van der Waals surface area contributed by atoms with Crippen LogP contribution in [0.4, 0.5) is 34.3 Å². The van der Waals surface area contributed by atoms with Gasteiger partial charge in [-0.15, -0.1) is 0 Å². The van der Waals surface area contributed by atoms with Crippen LogP contribution in [0.1, 0.15) is 115 Å². The van der Waals surface area contributed by atoms with Gasteiger partial charge in [0.2, 0.25) is 5.88 Å². The maximum absolute atomic E-state index is 7.07. The van der Waals surface area contributed by atoms with Crippen molar-refractivity contribution >= 4 is 68.4 Å². The summed E-state index contributed by atoms with van der Waals surface area (Å²) in [7, 11) is 0. The van der Waals surface area contributed by atoms with Gasteiger partial charge in [0.25, 0.3) is 6.71 Å². The molecule has 5 aromatic carbocycles. The molecule has 0 N–H and O–H groups in total. The summed E-state index contributed by atoms with van der Waals surface area (Å²) in [6, 6.07) is 35.1. The van der Waals surface area contributed by atoms with E-state index < -0.39 is 0 Å². The van der Waals surface area contributed by atoms with E-state index in [2.05, 4.69) is 184 Å². The Bertz CT molecular complexity index is 2500. The van der Waals surface area contributed by atoms with Crippen LogP contribution in [0.25, 0.3) is 11.0 Å². The highest BCUT2D eigenvalue weighted by Gasteiger charge is 2.48. The van der Waals surface area contributed by atoms with Gasteiger partial charge < -0.3 is 9.32 Å². The number of para-hydroxylation sites is 1. The minimum atomic E-state index is 0.00546. The van der Waals surface area contributed by atoms with Crippen LogP contribution >= 0.6 is 0 Å². The first-order valence-corrected chi connectivity index (χ1v) is 20.0. The smallest absolute Gasteiger partial charge is 0.257 e. The molecule has 0 unspecified atom stereocenters. The molecule has 1 aromatic heterocycles. The van der Waals surface area contributed by atoms with Gasteiger partial charge in [-0.1, -0.05) is 118 Å². The molecule has 3 aliphatic rings. The van der Waals surface area contributed by atoms with Gasteiger partial charge in [0.05, 0.1) is 5.69 Å². The summed E-state index contributed by atoms with van der Waals surface area (Å²) >= 11 is 0. The Morgan fingerprint density at radius 2 is 1.19 bits per heavy atom. The van der Waals surface area contributed by atoms with E-state index in [1.807, 2.05) is 0 Å². The zero-order chi connectivity index (χ0) is 38.3. The predicted octanol–water partition coefficient (Wildman–Crippen LogP) is 12.1. The van der Waals surface area contributed by atoms with E-state index in [-0.39, 0.29) is 28.4 Å². The molecule has 0 fully saturated rings. The maximum Gasteiger partial charge on any atom is 0.257 e. The molecule has 0 bridgehead atoms. The molecule has 0 saturated carbocycles. The molecule has 0 spiro atoms. The standard InChI is InChI=1S/C50H55BN2O/c1-30-25-41-45-42(26-30)53(39-22-19-33(27-31(39)2)48(6,7)8)46-44(35-15-13-14-16-43(35)54-46)51(45)38-28-36-37(50(11,12)24-23-49(36,9)10)29-40(38)52(41)34-20-17-32(18-21-34)47(3,4)5/h13-22,25-29H,23-24H2,1-12H3. The number of anilines is 6. The van der Waals surface area contributed by atoms with Crippen molar-refractivity contribution in [3.63, 3.8) is 0 Å². The maximum atomic E-state index is 7.07. The number of benzene rings is 5. The molecular weight excluding hydrogens is 655 g/mol. The van der Waals surface area contributed by atoms with Crippen molar-refractivity contribution in [2.24, 2.45) is 0 Å². The topological polar surface area (TPSA) is 19.6 Å². The zero-order valence-corrected chi connectivity index (χ0v) is 34.5. The first-order chi connectivity index (χ1) is 25.3. The normalized spacial score (nSPS) is 16.9. The summed E-state index contributed by atoms with van der Waals surface area (Å²) in [5.74, 6) is 0.933. The van der Waals surface area contributed by atoms with Crippen LogP contribution in [-0.2, 0) is 21.7 Å². The molecule has 4 heteroatoms. The lowest BCUT2D eigenvalue weighted by atomic mass is 9.33. The van der Waals surface area contributed by atoms with Gasteiger partial charge in [0.1, 0.15) is 5.58 Å². The number of aryl methyl sites for hydroxylation is 2. The molecule has 1 aliphatic carbocycles. The highest BCUT2D eigenvalue weighted by atomic mass is 16.4. The van der Waals surface area contributed by atoms with E-state index in [1.54, 1.807) is 0 Å². The molecule has 0 amide bonds. The molecule has 3 heterocycles. The first-order valence-electron chi connectivity index (χ1n) is 20.0. The van der Waals surface area contributed by atoms with Gasteiger partial charge >= 0.3 is 0 Å². The molecule has 0 radical (unpaired) electrons. The van der Waals surface area contributed by atoms with Gasteiger partial charge in [0.15, 0.2) is 0 Å². The van der Waals surface area contributed by atoms with Crippen molar-refractivity contribution in [2.75, 3.05) is 9.80 Å². The minimum absolute atomic E-state index is 0.00546. The Balaban J connectivity index is 1.40. The summed E-state index contributed by atoms with van der Waals surface area (Å²) in [6.45, 7) is 28.1. The lowest BCUT2D eigenvalue weighted by Gasteiger charge is -2.47. The molecule has 274 valence electrons. The fourth-order valence-corrected chi connectivity index (χ4v) is 9.66. The summed E-state index contributed by atoms with van der Waals surface area (Å²) in [4.78, 5) is 5.03. The van der Waals surface area contributed by atoms with Crippen molar-refractivity contribution in [2.45, 2.75) is 118 Å². The van der Waals surface area contributed by atoms with E-state index in [0.717, 1.165) is 17.2 Å². The first kappa shape index (κ1) is 35.0. The van der Waals surface area contributed by atoms with E-state index in [4.69, 9.17) is 4.42 Å². The third kappa shape index (κ3) is 5.15. The summed E-state index contributed by atoms with van der Waals surface area (Å²) in [5, 5.41) is 1.19. The monoisotopic (exact) mass is 710 g/mol. The average molecular weight is 711 g/mol. The van der Waals surface area contributed by atoms with Gasteiger partial charge in [-0.25, -0.2) is 0 Å². The lowest BCUT2D eigenvalue weighted by molar-refractivity contribution is 0.332. The highest BCUT2D eigenvalue weighted by molar-refractivity contribution is 7.01. The second-order valence-corrected chi connectivity index (χ2v) is 19.9. The third-order valence-corrected chi connectivity index (χ3v) is 13.0. The quantitative estimate of drug-likeness (QED) is 0.167. The van der Waals surface area contributed by atoms with Crippen LogP contribution < -0.4 is 26.2 Å². The summed E-state index contributed by atoms with van der Waals surface area (Å²) in [6.07, 6.45) is 2.35. The fourth-order valence-electron chi connectivity index (χ4n) is 9.66. The van der Waals surface area contributed by atoms with E-state index in [1.165, 1.54) is 90.7 Å². The van der Waals surface area contributed by atoms with Crippen molar-refractivity contribution in [3.05, 3.63) is 124 Å². The number of furan rings is 1. The largest absolute Gasteiger partial charge is 0.440 e. The second kappa shape index (κ2) is 11.4. The van der Waals surface area contributed by atoms with E-state index in [0.29, 0.717) is 0 Å². The van der Waals surface area contributed by atoms with Crippen LogP contribution in [0, 0.1) is 13.8 Å². The van der Waals surface area contributed by atoms with E-state index in [9.17, 15) is 0 Å². The Morgan fingerprint density at radius 3 is 1.81 bits per heavy atom. The SMILES string of the molecule is Cc1cc2c3c(c1)N(c1ccc(C(C)(C)C)cc1C)c1oc4ccccc4c1B3c1cc3c(cc1N2c1ccc(C(C)(C)C)cc1)C(C)(C)CCC3(C)C. The Kier molecular flexibility index (Phi) is 7.41. The molecule has 3 nitrogen and oxygen atoms in total. The van der Waals surface area contributed by atoms with Crippen molar-refractivity contribution < 1.29 is 4.42 Å². The van der Waals surface area contributed by atoms with Crippen LogP contribution in [0.5, 0.6) is 0 Å². The number of hydrogen-bond acceptors (Lipinski definition) is 3. The fraction of sp³-hybridized carbons (Fsp3) is 0.360. The van der Waals surface area contributed by atoms with Crippen molar-refractivity contribution in [3.8, 4) is 0 Å². The van der Waals surface area contributed by atoms with Gasteiger partial charge in [-0.3, -0.25) is 4.90 Å². The van der Waals surface area contributed by atoms with Crippen LogP contribution in [-0.4, -0.2) is 6.71 Å². The third-order valence-electron chi connectivity index (χ3n) is 13.0. The lowest BCUT2D eigenvalue weighted by Crippen LogP contribution is -2.61.